The summed E-state index contributed by atoms with van der Waals surface area (Å²) in [5.74, 6) is 0. The van der Waals surface area contributed by atoms with Gasteiger partial charge in [0, 0.05) is 10.8 Å². The summed E-state index contributed by atoms with van der Waals surface area (Å²) in [5, 5.41) is 20.9. The van der Waals surface area contributed by atoms with Crippen molar-refractivity contribution in [1.82, 2.24) is 0 Å². The summed E-state index contributed by atoms with van der Waals surface area (Å²) < 4.78 is 7.87. The van der Waals surface area contributed by atoms with Gasteiger partial charge in [0.2, 0.25) is 12.4 Å². The summed E-state index contributed by atoms with van der Waals surface area (Å²) in [5.41, 5.74) is 3.36. The molecule has 0 unspecified atom stereocenters. The molecule has 0 aromatic heterocycles. The summed E-state index contributed by atoms with van der Waals surface area (Å²) in [4.78, 5) is 8.06. The maximum Gasteiger partial charge on any atom is 0.206 e. The molecule has 2 aromatic carbocycles. The Morgan fingerprint density at radius 3 is 2.31 bits per heavy atom. The van der Waals surface area contributed by atoms with Crippen LogP contribution in [-0.4, -0.2) is 0 Å². The van der Waals surface area contributed by atoms with Gasteiger partial charge in [0.1, 0.15) is 16.3 Å². The number of benzene rings is 2. The van der Waals surface area contributed by atoms with E-state index in [-0.39, 0.29) is 0 Å². The van der Waals surface area contributed by atoms with Gasteiger partial charge in [-0.1, -0.05) is 30.3 Å². The molecule has 26 heavy (non-hydrogen) atoms. The molecule has 5 nitrogen and oxygen atoms in total. The third-order valence-corrected chi connectivity index (χ3v) is 5.30. The second-order valence-electron chi connectivity index (χ2n) is 5.94. The minimum absolute atomic E-state index is 0.466. The normalized spacial score (nSPS) is 12.6. The van der Waals surface area contributed by atoms with E-state index in [0.717, 1.165) is 32.2 Å². The Bertz CT molecular complexity index is 1480. The molecule has 0 radical (unpaired) electrons. The Hall–Kier alpha value is -3.48. The third kappa shape index (κ3) is 2.36. The number of aryl methyl sites for hydroxylation is 2. The fourth-order valence-corrected chi connectivity index (χ4v) is 4.44. The molecular weight excluding hydrogens is 344 g/mol. The van der Waals surface area contributed by atoms with Gasteiger partial charge in [-0.25, -0.2) is 0 Å². The largest absolute Gasteiger partial charge is 0.452 e. The molecule has 0 saturated heterocycles. The second kappa shape index (κ2) is 6.11. The van der Waals surface area contributed by atoms with Crippen molar-refractivity contribution in [2.75, 3.05) is 0 Å². The van der Waals surface area contributed by atoms with Gasteiger partial charge in [0.05, 0.1) is 9.23 Å². The number of rotatable bonds is 0. The van der Waals surface area contributed by atoms with Gasteiger partial charge < -0.3 is 4.42 Å². The number of fused-ring (bicyclic) bond motifs is 2. The molecule has 0 saturated carbocycles. The minimum Gasteiger partial charge on any atom is -0.452 e. The van der Waals surface area contributed by atoms with E-state index in [1.807, 2.05) is 62.6 Å². The van der Waals surface area contributed by atoms with Crippen LogP contribution in [-0.2, 0) is 0 Å². The molecule has 0 atom stereocenters. The van der Waals surface area contributed by atoms with Crippen LogP contribution in [0.3, 0.4) is 0 Å². The molecule has 0 amide bonds. The minimum atomic E-state index is 0.466. The first-order chi connectivity index (χ1) is 12.6. The maximum atomic E-state index is 9.19. The predicted molar refractivity (Wildman–Crippen MR) is 98.7 cm³/mol. The van der Waals surface area contributed by atoms with Crippen molar-refractivity contribution in [2.45, 2.75) is 13.8 Å². The van der Waals surface area contributed by atoms with Crippen molar-refractivity contribution in [3.05, 3.63) is 68.2 Å². The van der Waals surface area contributed by atoms with Gasteiger partial charge in [-0.2, -0.15) is 20.5 Å². The van der Waals surface area contributed by atoms with Crippen LogP contribution in [0, 0.1) is 46.7 Å². The first-order valence-electron chi connectivity index (χ1n) is 7.89. The molecule has 2 aromatic rings. The van der Waals surface area contributed by atoms with Gasteiger partial charge in [0.25, 0.3) is 0 Å². The highest BCUT2D eigenvalue weighted by atomic mass is 32.1. The average molecular weight is 356 g/mol. The lowest BCUT2D eigenvalue weighted by Crippen LogP contribution is -2.16. The SMILES string of the molecule is Cc1cc(C)c2oc3c(=NC#N)c4ccccc4c(=NC#N)c=3sc2c1. The Morgan fingerprint density at radius 2 is 1.62 bits per heavy atom. The fourth-order valence-electron chi connectivity index (χ4n) is 3.20. The Labute approximate surface area is 152 Å². The summed E-state index contributed by atoms with van der Waals surface area (Å²) in [6.45, 7) is 4.01. The molecule has 0 spiro atoms. The highest BCUT2D eigenvalue weighted by molar-refractivity contribution is 7.16. The quantitative estimate of drug-likeness (QED) is 0.450. The van der Waals surface area contributed by atoms with Crippen LogP contribution in [0.4, 0.5) is 0 Å². The molecule has 2 aliphatic rings. The van der Waals surface area contributed by atoms with E-state index < -0.39 is 0 Å². The van der Waals surface area contributed by atoms with E-state index in [1.54, 1.807) is 0 Å². The van der Waals surface area contributed by atoms with Crippen LogP contribution in [0.1, 0.15) is 11.1 Å². The number of nitriles is 2. The number of hydrogen-bond donors (Lipinski definition) is 0. The standard InChI is InChI=1S/C20H12N4OS/c1-11-7-12(2)18-15(8-11)26-20-17(24-10-22)14-6-4-3-5-13(14)16(23-9-21)19(20)25-18/h3-8H,1-2H3. The highest BCUT2D eigenvalue weighted by Crippen LogP contribution is 2.25. The molecule has 0 N–H and O–H groups in total. The van der Waals surface area contributed by atoms with Crippen molar-refractivity contribution in [2.24, 2.45) is 9.98 Å². The van der Waals surface area contributed by atoms with E-state index in [2.05, 4.69) is 9.98 Å². The Kier molecular flexibility index (Phi) is 3.76. The van der Waals surface area contributed by atoms with E-state index in [4.69, 9.17) is 4.42 Å². The van der Waals surface area contributed by atoms with Crippen LogP contribution in [0.5, 0.6) is 0 Å². The smallest absolute Gasteiger partial charge is 0.206 e. The first kappa shape index (κ1) is 16.0. The summed E-state index contributed by atoms with van der Waals surface area (Å²) in [7, 11) is 0. The maximum absolute atomic E-state index is 9.19. The van der Waals surface area contributed by atoms with Crippen molar-refractivity contribution in [3.8, 4) is 12.4 Å². The van der Waals surface area contributed by atoms with E-state index in [0.29, 0.717) is 20.7 Å². The second-order valence-corrected chi connectivity index (χ2v) is 6.99. The highest BCUT2D eigenvalue weighted by Gasteiger charge is 2.11. The third-order valence-electron chi connectivity index (χ3n) is 4.20. The zero-order valence-electron chi connectivity index (χ0n) is 14.1. The van der Waals surface area contributed by atoms with Gasteiger partial charge in [-0.05, 0) is 31.0 Å². The van der Waals surface area contributed by atoms with Crippen molar-refractivity contribution in [1.29, 1.82) is 10.5 Å². The van der Waals surface area contributed by atoms with E-state index in [1.165, 1.54) is 11.3 Å². The van der Waals surface area contributed by atoms with Gasteiger partial charge in [-0.15, -0.1) is 11.3 Å². The van der Waals surface area contributed by atoms with Gasteiger partial charge in [-0.3, -0.25) is 0 Å². The molecule has 0 fully saturated rings. The van der Waals surface area contributed by atoms with Crippen LogP contribution in [0.25, 0.3) is 21.1 Å². The topological polar surface area (TPSA) is 85.4 Å². The molecule has 124 valence electrons. The Morgan fingerprint density at radius 1 is 0.962 bits per heavy atom. The van der Waals surface area contributed by atoms with Crippen LogP contribution < -0.4 is 10.7 Å². The van der Waals surface area contributed by atoms with Crippen LogP contribution in [0.15, 0.2) is 50.8 Å². The fraction of sp³-hybridized carbons (Fsp3) is 0.100. The average Bonchev–Trinajstić information content (AvgIpc) is 2.63. The summed E-state index contributed by atoms with van der Waals surface area (Å²) in [6.07, 6.45) is 3.75. The molecule has 1 aliphatic heterocycles. The monoisotopic (exact) mass is 356 g/mol. The number of nitrogens with zero attached hydrogens (tertiary/aromatic N) is 4. The molecule has 6 heteroatoms. The number of hydrogen-bond acceptors (Lipinski definition) is 6. The van der Waals surface area contributed by atoms with Crippen molar-refractivity contribution >= 4 is 32.4 Å². The van der Waals surface area contributed by atoms with Crippen molar-refractivity contribution < 1.29 is 4.42 Å². The summed E-state index contributed by atoms with van der Waals surface area (Å²) in [6, 6.07) is 11.6. The molecule has 4 rings (SSSR count). The van der Waals surface area contributed by atoms with E-state index in [9.17, 15) is 10.5 Å². The first-order valence-corrected chi connectivity index (χ1v) is 8.71. The lowest BCUT2D eigenvalue weighted by atomic mass is 10.1. The van der Waals surface area contributed by atoms with E-state index >= 15 is 0 Å². The molecule has 1 aliphatic carbocycles. The molecule has 0 bridgehead atoms. The zero-order valence-corrected chi connectivity index (χ0v) is 14.9. The summed E-state index contributed by atoms with van der Waals surface area (Å²) >= 11 is 1.49. The van der Waals surface area contributed by atoms with Crippen LogP contribution >= 0.6 is 11.3 Å². The van der Waals surface area contributed by atoms with Crippen LogP contribution in [0.2, 0.25) is 0 Å². The lowest BCUT2D eigenvalue weighted by molar-refractivity contribution is 0.562. The van der Waals surface area contributed by atoms with Gasteiger partial charge >= 0.3 is 0 Å². The predicted octanol–water partition coefficient (Wildman–Crippen LogP) is 3.75. The Balaban J connectivity index is 2.49. The molecular formula is C20H12N4OS. The zero-order chi connectivity index (χ0) is 18.3. The lowest BCUT2D eigenvalue weighted by Gasteiger charge is -2.06. The van der Waals surface area contributed by atoms with Gasteiger partial charge in [0.15, 0.2) is 5.42 Å². The van der Waals surface area contributed by atoms with Crippen molar-refractivity contribution in [3.63, 3.8) is 0 Å². The molecule has 1 heterocycles.